The second kappa shape index (κ2) is 27.2. The molecule has 4 rings (SSSR count). The largest absolute Gasteiger partial charge is 0.392 e. The number of unbranched alkanes of at least 4 members (excludes halogenated alkanes) is 12. The van der Waals surface area contributed by atoms with E-state index in [9.17, 15) is 14.7 Å². The van der Waals surface area contributed by atoms with Crippen molar-refractivity contribution in [1.82, 2.24) is 15.5 Å². The van der Waals surface area contributed by atoms with Crippen LogP contribution < -0.4 is 10.6 Å². The van der Waals surface area contributed by atoms with Crippen LogP contribution in [0.2, 0.25) is 0 Å². The van der Waals surface area contributed by atoms with Gasteiger partial charge in [0.2, 0.25) is 11.8 Å². The highest BCUT2D eigenvalue weighted by molar-refractivity contribution is 5.76. The number of nitrogens with zero attached hydrogens (tertiary/aromatic N) is 1. The van der Waals surface area contributed by atoms with Crippen LogP contribution in [0.5, 0.6) is 0 Å². The smallest absolute Gasteiger partial charge is 0.220 e. The molecular formula is C50H75N3O5. The summed E-state index contributed by atoms with van der Waals surface area (Å²) in [6, 6.07) is 25.0. The number of amides is 2. The van der Waals surface area contributed by atoms with E-state index in [2.05, 4.69) is 84.8 Å². The number of hydrogen-bond acceptors (Lipinski definition) is 6. The predicted molar refractivity (Wildman–Crippen MR) is 237 cm³/mol. The lowest BCUT2D eigenvalue weighted by molar-refractivity contribution is -0.276. The van der Waals surface area contributed by atoms with E-state index in [-0.39, 0.29) is 36.5 Å². The SMILES string of the molecule is CCCCCCCCN(CCCCCCCC)C[C@@H]1O[C@H](c2ccc(-c3ccccc3CNC(=O)CCCCCNC(C)=O)cc2)O[C@H](c2ccc(CO)cc2)[C@@H]1C. The summed E-state index contributed by atoms with van der Waals surface area (Å²) in [6.07, 6.45) is 17.9. The molecule has 1 aliphatic rings. The second-order valence-electron chi connectivity index (χ2n) is 16.5. The molecule has 0 bridgehead atoms. The molecule has 3 N–H and O–H groups in total. The van der Waals surface area contributed by atoms with Gasteiger partial charge in [0.25, 0.3) is 0 Å². The van der Waals surface area contributed by atoms with Gasteiger partial charge in [-0.05, 0) is 66.6 Å². The van der Waals surface area contributed by atoms with E-state index in [1.165, 1.54) is 84.0 Å². The summed E-state index contributed by atoms with van der Waals surface area (Å²) >= 11 is 0. The minimum Gasteiger partial charge on any atom is -0.392 e. The molecule has 3 aromatic rings. The third kappa shape index (κ3) is 16.6. The number of benzene rings is 3. The number of ether oxygens (including phenoxy) is 2. The van der Waals surface area contributed by atoms with Gasteiger partial charge >= 0.3 is 0 Å². The molecule has 320 valence electrons. The second-order valence-corrected chi connectivity index (χ2v) is 16.5. The molecule has 3 aromatic carbocycles. The first-order chi connectivity index (χ1) is 28.3. The van der Waals surface area contributed by atoms with Gasteiger partial charge < -0.3 is 30.1 Å². The summed E-state index contributed by atoms with van der Waals surface area (Å²) in [4.78, 5) is 26.4. The third-order valence-electron chi connectivity index (χ3n) is 11.7. The van der Waals surface area contributed by atoms with Crippen molar-refractivity contribution < 1.29 is 24.2 Å². The monoisotopic (exact) mass is 798 g/mol. The predicted octanol–water partition coefficient (Wildman–Crippen LogP) is 11.0. The Bertz CT molecular complexity index is 1560. The lowest BCUT2D eigenvalue weighted by Gasteiger charge is -2.43. The van der Waals surface area contributed by atoms with E-state index in [0.29, 0.717) is 19.5 Å². The minimum atomic E-state index is -0.518. The fourth-order valence-electron chi connectivity index (χ4n) is 8.02. The van der Waals surface area contributed by atoms with Crippen LogP contribution in [0.1, 0.15) is 165 Å². The van der Waals surface area contributed by atoms with Gasteiger partial charge in [0.1, 0.15) is 0 Å². The Labute approximate surface area is 350 Å². The first kappa shape index (κ1) is 47.1. The minimum absolute atomic E-state index is 0.0114. The maximum atomic E-state index is 12.7. The quantitative estimate of drug-likeness (QED) is 0.0633. The summed E-state index contributed by atoms with van der Waals surface area (Å²) in [5.41, 5.74) is 6.22. The summed E-state index contributed by atoms with van der Waals surface area (Å²) in [7, 11) is 0. The molecule has 0 saturated carbocycles. The molecule has 8 nitrogen and oxygen atoms in total. The molecule has 2 amide bonds. The molecule has 0 aromatic heterocycles. The molecule has 1 aliphatic heterocycles. The molecule has 4 atom stereocenters. The molecule has 1 fully saturated rings. The number of aliphatic hydroxyl groups excluding tert-OH is 1. The van der Waals surface area contributed by atoms with E-state index in [4.69, 9.17) is 9.47 Å². The molecule has 1 saturated heterocycles. The van der Waals surface area contributed by atoms with E-state index >= 15 is 0 Å². The number of nitrogens with one attached hydrogen (secondary N) is 2. The van der Waals surface area contributed by atoms with Gasteiger partial charge in [-0.15, -0.1) is 0 Å². The van der Waals surface area contributed by atoms with E-state index in [1.54, 1.807) is 0 Å². The Morgan fingerprint density at radius 1 is 0.690 bits per heavy atom. The van der Waals surface area contributed by atoms with Crippen molar-refractivity contribution in [1.29, 1.82) is 0 Å². The van der Waals surface area contributed by atoms with Gasteiger partial charge in [0.05, 0.1) is 18.8 Å². The molecule has 8 heteroatoms. The maximum Gasteiger partial charge on any atom is 0.220 e. The average Bonchev–Trinajstić information content (AvgIpc) is 3.24. The highest BCUT2D eigenvalue weighted by Gasteiger charge is 2.39. The summed E-state index contributed by atoms with van der Waals surface area (Å²) in [5, 5.41) is 15.7. The van der Waals surface area contributed by atoms with Crippen LogP contribution in [0.25, 0.3) is 11.1 Å². The van der Waals surface area contributed by atoms with Crippen LogP contribution in [-0.2, 0) is 32.2 Å². The molecule has 1 heterocycles. The zero-order valence-electron chi connectivity index (χ0n) is 36.3. The zero-order valence-corrected chi connectivity index (χ0v) is 36.3. The summed E-state index contributed by atoms with van der Waals surface area (Å²) < 4.78 is 13.8. The number of hydrogen-bond donors (Lipinski definition) is 3. The van der Waals surface area contributed by atoms with Gasteiger partial charge in [-0.25, -0.2) is 0 Å². The fourth-order valence-corrected chi connectivity index (χ4v) is 8.02. The normalized spacial score (nSPS) is 18.0. The summed E-state index contributed by atoms with van der Waals surface area (Å²) in [6.45, 7) is 12.6. The van der Waals surface area contributed by atoms with Crippen molar-refractivity contribution >= 4 is 11.8 Å². The standard InChI is InChI=1S/C50H75N3O5/c1-5-7-9-11-13-20-34-53(35-21-14-12-10-8-6-2)37-47-39(3)49(43-27-25-41(38-54)26-28-43)58-50(57-47)44-31-29-42(30-32-44)46-23-18-17-22-45(46)36-52-48(56)24-16-15-19-33-51-40(4)55/h17-18,22-23,25-32,39,47,49-50,54H,5-16,19-21,24,33-38H2,1-4H3,(H,51,55)(H,52,56)/t39-,47+,49+,50+/m1/s1. The number of aliphatic hydroxyl groups is 1. The van der Waals surface area contributed by atoms with E-state index in [0.717, 1.165) is 72.3 Å². The topological polar surface area (TPSA) is 100 Å². The Morgan fingerprint density at radius 2 is 1.29 bits per heavy atom. The number of rotatable bonds is 28. The highest BCUT2D eigenvalue weighted by atomic mass is 16.7. The lowest BCUT2D eigenvalue weighted by atomic mass is 9.89. The summed E-state index contributed by atoms with van der Waals surface area (Å²) in [5.74, 6) is 0.158. The van der Waals surface area contributed by atoms with E-state index < -0.39 is 6.29 Å². The van der Waals surface area contributed by atoms with Crippen molar-refractivity contribution in [3.05, 3.63) is 95.1 Å². The van der Waals surface area contributed by atoms with Crippen molar-refractivity contribution in [2.45, 2.75) is 162 Å². The average molecular weight is 798 g/mol. The molecule has 0 unspecified atom stereocenters. The van der Waals surface area contributed by atoms with Crippen LogP contribution in [0.3, 0.4) is 0 Å². The van der Waals surface area contributed by atoms with Crippen LogP contribution in [0.4, 0.5) is 0 Å². The van der Waals surface area contributed by atoms with Crippen molar-refractivity contribution in [3.8, 4) is 11.1 Å². The lowest BCUT2D eigenvalue weighted by Crippen LogP contribution is -2.45. The highest BCUT2D eigenvalue weighted by Crippen LogP contribution is 2.42. The van der Waals surface area contributed by atoms with E-state index in [1.807, 2.05) is 24.3 Å². The Hall–Kier alpha value is -3.56. The van der Waals surface area contributed by atoms with Crippen molar-refractivity contribution in [3.63, 3.8) is 0 Å². The third-order valence-corrected chi connectivity index (χ3v) is 11.7. The van der Waals surface area contributed by atoms with Gasteiger partial charge in [-0.2, -0.15) is 0 Å². The van der Waals surface area contributed by atoms with Gasteiger partial charge in [0.15, 0.2) is 6.29 Å². The molecule has 58 heavy (non-hydrogen) atoms. The van der Waals surface area contributed by atoms with Crippen LogP contribution in [0, 0.1) is 5.92 Å². The van der Waals surface area contributed by atoms with Gasteiger partial charge in [0, 0.05) is 44.5 Å². The molecule has 0 aliphatic carbocycles. The molecule has 0 radical (unpaired) electrons. The Morgan fingerprint density at radius 3 is 1.93 bits per heavy atom. The Balaban J connectivity index is 1.46. The van der Waals surface area contributed by atoms with Crippen LogP contribution in [0.15, 0.2) is 72.8 Å². The number of carbonyl (C=O) groups excluding carboxylic acids is 2. The molecular weight excluding hydrogens is 723 g/mol. The van der Waals surface area contributed by atoms with Crippen molar-refractivity contribution in [2.75, 3.05) is 26.2 Å². The Kier molecular flexibility index (Phi) is 22.1. The van der Waals surface area contributed by atoms with Gasteiger partial charge in [-0.1, -0.05) is 164 Å². The first-order valence-electron chi connectivity index (χ1n) is 22.7. The zero-order chi connectivity index (χ0) is 41.4. The van der Waals surface area contributed by atoms with Crippen LogP contribution >= 0.6 is 0 Å². The van der Waals surface area contributed by atoms with Gasteiger partial charge in [-0.3, -0.25) is 9.59 Å². The number of carbonyl (C=O) groups is 2. The maximum absolute atomic E-state index is 12.7. The van der Waals surface area contributed by atoms with Crippen molar-refractivity contribution in [2.24, 2.45) is 5.92 Å². The fraction of sp³-hybridized carbons (Fsp3) is 0.600. The molecule has 0 spiro atoms. The van der Waals surface area contributed by atoms with Crippen LogP contribution in [-0.4, -0.2) is 54.1 Å². The first-order valence-corrected chi connectivity index (χ1v) is 22.7.